The van der Waals surface area contributed by atoms with Crippen molar-refractivity contribution in [2.75, 3.05) is 6.61 Å². The number of rotatable bonds is 3. The minimum Gasteiger partial charge on any atom is -0.546 e. The van der Waals surface area contributed by atoms with Crippen LogP contribution in [0.2, 0.25) is 19.6 Å². The van der Waals surface area contributed by atoms with E-state index in [-0.39, 0.29) is 6.04 Å². The van der Waals surface area contributed by atoms with Crippen LogP contribution in [-0.4, -0.2) is 43.3 Å². The standard InChI is InChI=1S/C15H29NO4Si/c1-11(20-21(7,8)9)12-10-18-15(5,6)16(12)13(17)19-14(2,3)4/h12H,1,10H2,2-9H3/t12-/m0/s1. The molecule has 0 spiro atoms. The summed E-state index contributed by atoms with van der Waals surface area (Å²) in [4.78, 5) is 14.1. The maximum Gasteiger partial charge on any atom is 0.413 e. The molecule has 6 heteroatoms. The van der Waals surface area contributed by atoms with E-state index in [4.69, 9.17) is 13.9 Å². The van der Waals surface area contributed by atoms with Gasteiger partial charge in [-0.3, -0.25) is 4.90 Å². The minimum absolute atomic E-state index is 0.318. The summed E-state index contributed by atoms with van der Waals surface area (Å²) < 4.78 is 17.2. The maximum absolute atomic E-state index is 12.5. The molecule has 0 aromatic rings. The van der Waals surface area contributed by atoms with Crippen molar-refractivity contribution in [3.8, 4) is 0 Å². The zero-order valence-corrected chi connectivity index (χ0v) is 15.6. The molecule has 1 fully saturated rings. The maximum atomic E-state index is 12.5. The molecule has 1 atom stereocenters. The minimum atomic E-state index is -1.78. The van der Waals surface area contributed by atoms with Crippen molar-refractivity contribution in [3.63, 3.8) is 0 Å². The van der Waals surface area contributed by atoms with Gasteiger partial charge in [-0.15, -0.1) is 0 Å². The molecule has 122 valence electrons. The fourth-order valence-corrected chi connectivity index (χ4v) is 3.08. The summed E-state index contributed by atoms with van der Waals surface area (Å²) >= 11 is 0. The lowest BCUT2D eigenvalue weighted by atomic mass is 10.2. The lowest BCUT2D eigenvalue weighted by Crippen LogP contribution is -2.51. The van der Waals surface area contributed by atoms with Crippen molar-refractivity contribution < 1.29 is 18.7 Å². The van der Waals surface area contributed by atoms with E-state index < -0.39 is 25.7 Å². The number of carbonyl (C=O) groups is 1. The highest BCUT2D eigenvalue weighted by molar-refractivity contribution is 6.70. The first-order valence-electron chi connectivity index (χ1n) is 7.27. The van der Waals surface area contributed by atoms with Crippen LogP contribution < -0.4 is 0 Å². The van der Waals surface area contributed by atoms with Crippen LogP contribution in [0.4, 0.5) is 4.79 Å². The summed E-state index contributed by atoms with van der Waals surface area (Å²) in [7, 11) is -1.78. The number of ether oxygens (including phenoxy) is 2. The molecule has 1 amide bonds. The summed E-state index contributed by atoms with van der Waals surface area (Å²) in [5, 5.41) is 0. The molecule has 1 rings (SSSR count). The number of hydrogen-bond acceptors (Lipinski definition) is 4. The molecular formula is C15H29NO4Si. The molecule has 0 bridgehead atoms. The smallest absolute Gasteiger partial charge is 0.413 e. The van der Waals surface area contributed by atoms with Crippen LogP contribution in [0.3, 0.4) is 0 Å². The molecule has 1 heterocycles. The highest BCUT2D eigenvalue weighted by Gasteiger charge is 2.47. The van der Waals surface area contributed by atoms with E-state index in [1.807, 2.05) is 34.6 Å². The lowest BCUT2D eigenvalue weighted by molar-refractivity contribution is -0.0622. The normalized spacial score (nSPS) is 22.1. The molecule has 1 saturated heterocycles. The quantitative estimate of drug-likeness (QED) is 0.588. The van der Waals surface area contributed by atoms with Crippen LogP contribution in [0, 0.1) is 0 Å². The van der Waals surface area contributed by atoms with Crippen molar-refractivity contribution in [1.29, 1.82) is 0 Å². The third-order valence-corrected chi connectivity index (χ3v) is 3.76. The average Bonchev–Trinajstić information content (AvgIpc) is 2.48. The van der Waals surface area contributed by atoms with Gasteiger partial charge >= 0.3 is 6.09 Å². The van der Waals surface area contributed by atoms with Crippen LogP contribution in [0.15, 0.2) is 12.3 Å². The zero-order valence-electron chi connectivity index (χ0n) is 14.6. The molecule has 21 heavy (non-hydrogen) atoms. The first-order chi connectivity index (χ1) is 9.23. The number of hydrogen-bond donors (Lipinski definition) is 0. The Morgan fingerprint density at radius 3 is 2.29 bits per heavy atom. The van der Waals surface area contributed by atoms with E-state index in [1.165, 1.54) is 0 Å². The third kappa shape index (κ3) is 5.03. The molecule has 0 radical (unpaired) electrons. The van der Waals surface area contributed by atoms with Gasteiger partial charge in [0.1, 0.15) is 17.4 Å². The van der Waals surface area contributed by atoms with E-state index in [0.29, 0.717) is 12.4 Å². The second kappa shape index (κ2) is 5.65. The molecule has 0 aliphatic carbocycles. The van der Waals surface area contributed by atoms with Gasteiger partial charge in [-0.1, -0.05) is 6.58 Å². The lowest BCUT2D eigenvalue weighted by Gasteiger charge is -2.36. The molecule has 0 N–H and O–H groups in total. The third-order valence-electron chi connectivity index (χ3n) is 2.89. The van der Waals surface area contributed by atoms with E-state index >= 15 is 0 Å². The Hall–Kier alpha value is -1.01. The van der Waals surface area contributed by atoms with Gasteiger partial charge in [0.2, 0.25) is 8.32 Å². The Kier molecular flexibility index (Phi) is 4.85. The zero-order chi connectivity index (χ0) is 16.6. The highest BCUT2D eigenvalue weighted by Crippen LogP contribution is 2.33. The molecule has 5 nitrogen and oxygen atoms in total. The van der Waals surface area contributed by atoms with Gasteiger partial charge in [-0.2, -0.15) is 0 Å². The SMILES string of the molecule is C=C(O[Si](C)(C)C)[C@@H]1COC(C)(C)N1C(=O)OC(C)(C)C. The van der Waals surface area contributed by atoms with Crippen molar-refractivity contribution in [2.45, 2.75) is 71.6 Å². The first kappa shape index (κ1) is 18.0. The van der Waals surface area contributed by atoms with E-state index in [0.717, 1.165) is 0 Å². The monoisotopic (exact) mass is 315 g/mol. The summed E-state index contributed by atoms with van der Waals surface area (Å²) in [6, 6.07) is -0.318. The van der Waals surface area contributed by atoms with Crippen LogP contribution in [-0.2, 0) is 13.9 Å². The fraction of sp³-hybridized carbons (Fsp3) is 0.800. The molecule has 1 aliphatic rings. The van der Waals surface area contributed by atoms with Gasteiger partial charge in [0.05, 0.1) is 12.4 Å². The van der Waals surface area contributed by atoms with Gasteiger partial charge in [0.25, 0.3) is 0 Å². The molecule has 0 unspecified atom stereocenters. The Labute approximate surface area is 129 Å². The van der Waals surface area contributed by atoms with Crippen LogP contribution in [0.1, 0.15) is 34.6 Å². The van der Waals surface area contributed by atoms with Gasteiger partial charge in [-0.25, -0.2) is 4.79 Å². The number of carbonyl (C=O) groups excluding carboxylic acids is 1. The Morgan fingerprint density at radius 1 is 1.33 bits per heavy atom. The van der Waals surface area contributed by atoms with E-state index in [1.54, 1.807) is 4.90 Å². The summed E-state index contributed by atoms with van der Waals surface area (Å²) in [5.74, 6) is 0.575. The molecule has 0 aromatic carbocycles. The van der Waals surface area contributed by atoms with Gasteiger partial charge in [0.15, 0.2) is 0 Å². The van der Waals surface area contributed by atoms with Crippen molar-refractivity contribution in [2.24, 2.45) is 0 Å². The van der Waals surface area contributed by atoms with Gasteiger partial charge in [-0.05, 0) is 54.3 Å². The van der Waals surface area contributed by atoms with Crippen molar-refractivity contribution in [1.82, 2.24) is 4.90 Å². The number of nitrogens with zero attached hydrogens (tertiary/aromatic N) is 1. The molecule has 1 aliphatic heterocycles. The first-order valence-corrected chi connectivity index (χ1v) is 10.7. The number of amides is 1. The Morgan fingerprint density at radius 2 is 1.86 bits per heavy atom. The summed E-state index contributed by atoms with van der Waals surface area (Å²) in [5.41, 5.74) is -1.29. The second-order valence-electron chi connectivity index (χ2n) is 7.80. The topological polar surface area (TPSA) is 48.0 Å². The highest BCUT2D eigenvalue weighted by atomic mass is 28.4. The van der Waals surface area contributed by atoms with E-state index in [2.05, 4.69) is 26.2 Å². The summed E-state index contributed by atoms with van der Waals surface area (Å²) in [6.07, 6.45) is -0.407. The second-order valence-corrected chi connectivity index (χ2v) is 12.2. The predicted molar refractivity (Wildman–Crippen MR) is 85.5 cm³/mol. The summed E-state index contributed by atoms with van der Waals surface area (Å²) in [6.45, 7) is 19.8. The fourth-order valence-electron chi connectivity index (χ4n) is 2.16. The average molecular weight is 315 g/mol. The predicted octanol–water partition coefficient (Wildman–Crippen LogP) is 3.72. The Bertz CT molecular complexity index is 420. The Balaban J connectivity index is 2.94. The largest absolute Gasteiger partial charge is 0.546 e. The van der Waals surface area contributed by atoms with Crippen LogP contribution in [0.5, 0.6) is 0 Å². The van der Waals surface area contributed by atoms with Crippen LogP contribution in [0.25, 0.3) is 0 Å². The van der Waals surface area contributed by atoms with E-state index in [9.17, 15) is 4.79 Å². The van der Waals surface area contributed by atoms with Crippen molar-refractivity contribution in [3.05, 3.63) is 12.3 Å². The van der Waals surface area contributed by atoms with Crippen molar-refractivity contribution >= 4 is 14.4 Å². The molecule has 0 aromatic heterocycles. The van der Waals surface area contributed by atoms with Gasteiger partial charge in [0, 0.05) is 0 Å². The molecule has 0 saturated carbocycles. The van der Waals surface area contributed by atoms with Gasteiger partial charge < -0.3 is 13.9 Å². The van der Waals surface area contributed by atoms with Crippen LogP contribution >= 0.6 is 0 Å². The molecular weight excluding hydrogens is 286 g/mol.